The maximum atomic E-state index is 10.6. The summed E-state index contributed by atoms with van der Waals surface area (Å²) in [5.74, 6) is 0. The van der Waals surface area contributed by atoms with E-state index in [0.29, 0.717) is 5.56 Å². The zero-order valence-corrected chi connectivity index (χ0v) is 8.95. The Morgan fingerprint density at radius 3 is 2.33 bits per heavy atom. The Hall–Kier alpha value is -1.54. The van der Waals surface area contributed by atoms with Crippen LogP contribution < -0.4 is 0 Å². The van der Waals surface area contributed by atoms with Gasteiger partial charge in [-0.3, -0.25) is 4.79 Å². The van der Waals surface area contributed by atoms with Gasteiger partial charge in [-0.25, -0.2) is 0 Å². The molecule has 2 aromatic carbocycles. The van der Waals surface area contributed by atoms with Crippen LogP contribution in [-0.4, -0.2) is 6.29 Å². The number of carbonyl (C=O) groups is 1. The quantitative estimate of drug-likeness (QED) is 0.598. The topological polar surface area (TPSA) is 17.1 Å². The van der Waals surface area contributed by atoms with E-state index < -0.39 is 0 Å². The van der Waals surface area contributed by atoms with Crippen LogP contribution in [0.2, 0.25) is 0 Å². The van der Waals surface area contributed by atoms with Crippen LogP contribution in [0.5, 0.6) is 0 Å². The molecule has 0 aliphatic carbocycles. The van der Waals surface area contributed by atoms with Crippen molar-refractivity contribution < 1.29 is 4.79 Å². The molecule has 0 unspecified atom stereocenters. The molecule has 0 aromatic heterocycles. The number of rotatable bonds is 2. The van der Waals surface area contributed by atoms with Crippen molar-refractivity contribution in [1.29, 1.82) is 0 Å². The van der Waals surface area contributed by atoms with Crippen LogP contribution in [-0.2, 0) is 0 Å². The minimum Gasteiger partial charge on any atom is -0.298 e. The first-order chi connectivity index (χ1) is 7.29. The molecule has 0 bridgehead atoms. The molecule has 0 saturated carbocycles. The highest BCUT2D eigenvalue weighted by Crippen LogP contribution is 2.21. The summed E-state index contributed by atoms with van der Waals surface area (Å²) in [5, 5.41) is 0. The van der Waals surface area contributed by atoms with Crippen molar-refractivity contribution >= 4 is 18.9 Å². The molecule has 2 heteroatoms. The number of thiol groups is 1. The molecule has 0 aliphatic rings. The van der Waals surface area contributed by atoms with Crippen molar-refractivity contribution in [2.24, 2.45) is 0 Å². The van der Waals surface area contributed by atoms with E-state index in [-0.39, 0.29) is 0 Å². The van der Waals surface area contributed by atoms with Gasteiger partial charge in [0.1, 0.15) is 6.29 Å². The Morgan fingerprint density at radius 2 is 1.67 bits per heavy atom. The molecule has 15 heavy (non-hydrogen) atoms. The predicted octanol–water partition coefficient (Wildman–Crippen LogP) is 3.45. The first-order valence-electron chi connectivity index (χ1n) is 4.64. The van der Waals surface area contributed by atoms with Crippen LogP contribution in [0.25, 0.3) is 11.1 Å². The second kappa shape index (κ2) is 4.32. The van der Waals surface area contributed by atoms with E-state index in [1.807, 2.05) is 42.5 Å². The molecule has 0 N–H and O–H groups in total. The van der Waals surface area contributed by atoms with E-state index in [1.54, 1.807) is 6.07 Å². The fourth-order valence-electron chi connectivity index (χ4n) is 1.45. The predicted molar refractivity (Wildman–Crippen MR) is 64.5 cm³/mol. The van der Waals surface area contributed by atoms with Gasteiger partial charge in [0.25, 0.3) is 0 Å². The van der Waals surface area contributed by atoms with Crippen molar-refractivity contribution in [3.05, 3.63) is 54.1 Å². The lowest BCUT2D eigenvalue weighted by Crippen LogP contribution is -1.82. The fourth-order valence-corrected chi connectivity index (χ4v) is 1.59. The average Bonchev–Trinajstić information content (AvgIpc) is 2.30. The summed E-state index contributed by atoms with van der Waals surface area (Å²) in [6.07, 6.45) is 0.858. The highest BCUT2D eigenvalue weighted by Gasteiger charge is 1.98. The third-order valence-electron chi connectivity index (χ3n) is 2.22. The van der Waals surface area contributed by atoms with Gasteiger partial charge in [0.05, 0.1) is 0 Å². The molecule has 0 saturated heterocycles. The average molecular weight is 214 g/mol. The molecule has 0 amide bonds. The number of hydrogen-bond donors (Lipinski definition) is 1. The van der Waals surface area contributed by atoms with Crippen molar-refractivity contribution in [2.45, 2.75) is 4.90 Å². The summed E-state index contributed by atoms with van der Waals surface area (Å²) >= 11 is 4.23. The molecule has 1 nitrogen and oxygen atoms in total. The van der Waals surface area contributed by atoms with Gasteiger partial charge >= 0.3 is 0 Å². The van der Waals surface area contributed by atoms with E-state index in [9.17, 15) is 4.79 Å². The van der Waals surface area contributed by atoms with Crippen LogP contribution in [0, 0.1) is 0 Å². The summed E-state index contributed by atoms with van der Waals surface area (Å²) in [4.78, 5) is 11.6. The Labute approximate surface area is 94.2 Å². The molecule has 0 spiro atoms. The highest BCUT2D eigenvalue weighted by atomic mass is 32.1. The van der Waals surface area contributed by atoms with Gasteiger partial charge in [0, 0.05) is 10.5 Å². The second-order valence-corrected chi connectivity index (χ2v) is 3.81. The van der Waals surface area contributed by atoms with Crippen molar-refractivity contribution in [2.75, 3.05) is 0 Å². The minimum atomic E-state index is 0.697. The van der Waals surface area contributed by atoms with Gasteiger partial charge in [-0.1, -0.05) is 30.3 Å². The number of benzene rings is 2. The summed E-state index contributed by atoms with van der Waals surface area (Å²) < 4.78 is 0. The fraction of sp³-hybridized carbons (Fsp3) is 0. The minimum absolute atomic E-state index is 0.697. The van der Waals surface area contributed by atoms with Gasteiger partial charge in [0.15, 0.2) is 0 Å². The first kappa shape index (κ1) is 9.99. The summed E-state index contributed by atoms with van der Waals surface area (Å²) in [6.45, 7) is 0. The Balaban J connectivity index is 2.44. The Bertz CT molecular complexity index is 474. The van der Waals surface area contributed by atoms with Crippen molar-refractivity contribution in [3.8, 4) is 11.1 Å². The zero-order chi connectivity index (χ0) is 10.7. The molecule has 0 fully saturated rings. The number of aldehydes is 1. The first-order valence-corrected chi connectivity index (χ1v) is 5.09. The SMILES string of the molecule is O=Cc1cccc(-c2ccc(S)cc2)c1. The molecular weight excluding hydrogens is 204 g/mol. The largest absolute Gasteiger partial charge is 0.298 e. The van der Waals surface area contributed by atoms with E-state index in [1.165, 1.54) is 0 Å². The van der Waals surface area contributed by atoms with Crippen molar-refractivity contribution in [1.82, 2.24) is 0 Å². The molecule has 2 aromatic rings. The number of hydrogen-bond acceptors (Lipinski definition) is 2. The van der Waals surface area contributed by atoms with Crippen LogP contribution in [0.15, 0.2) is 53.4 Å². The van der Waals surface area contributed by atoms with Crippen LogP contribution in [0.1, 0.15) is 10.4 Å². The molecule has 0 radical (unpaired) electrons. The Kier molecular flexibility index (Phi) is 2.88. The maximum Gasteiger partial charge on any atom is 0.150 e. The second-order valence-electron chi connectivity index (χ2n) is 3.29. The van der Waals surface area contributed by atoms with Crippen LogP contribution >= 0.6 is 12.6 Å². The van der Waals surface area contributed by atoms with Gasteiger partial charge in [0.2, 0.25) is 0 Å². The van der Waals surface area contributed by atoms with Gasteiger partial charge in [-0.05, 0) is 29.3 Å². The lowest BCUT2D eigenvalue weighted by molar-refractivity contribution is 0.112. The molecule has 74 valence electrons. The van der Waals surface area contributed by atoms with Gasteiger partial charge < -0.3 is 0 Å². The molecule has 0 heterocycles. The molecule has 2 rings (SSSR count). The third kappa shape index (κ3) is 2.28. The standard InChI is InChI=1S/C13H10OS/c14-9-10-2-1-3-12(8-10)11-4-6-13(15)7-5-11/h1-9,15H. The summed E-state index contributed by atoms with van der Waals surface area (Å²) in [7, 11) is 0. The summed E-state index contributed by atoms with van der Waals surface area (Å²) in [6, 6.07) is 15.4. The smallest absolute Gasteiger partial charge is 0.150 e. The lowest BCUT2D eigenvalue weighted by Gasteiger charge is -2.02. The van der Waals surface area contributed by atoms with Gasteiger partial charge in [-0.2, -0.15) is 0 Å². The lowest BCUT2D eigenvalue weighted by atomic mass is 10.0. The van der Waals surface area contributed by atoms with E-state index in [2.05, 4.69) is 12.6 Å². The van der Waals surface area contributed by atoms with E-state index >= 15 is 0 Å². The zero-order valence-electron chi connectivity index (χ0n) is 8.05. The Morgan fingerprint density at radius 1 is 0.933 bits per heavy atom. The van der Waals surface area contributed by atoms with Crippen LogP contribution in [0.4, 0.5) is 0 Å². The molecular formula is C13H10OS. The van der Waals surface area contributed by atoms with E-state index in [4.69, 9.17) is 0 Å². The van der Waals surface area contributed by atoms with Gasteiger partial charge in [-0.15, -0.1) is 12.6 Å². The molecule has 0 aliphatic heterocycles. The normalized spacial score (nSPS) is 9.93. The third-order valence-corrected chi connectivity index (χ3v) is 2.52. The monoisotopic (exact) mass is 214 g/mol. The van der Waals surface area contributed by atoms with Crippen LogP contribution in [0.3, 0.4) is 0 Å². The van der Waals surface area contributed by atoms with Crippen molar-refractivity contribution in [3.63, 3.8) is 0 Å². The highest BCUT2D eigenvalue weighted by molar-refractivity contribution is 7.80. The summed E-state index contributed by atoms with van der Waals surface area (Å²) in [5.41, 5.74) is 2.84. The maximum absolute atomic E-state index is 10.6. The number of carbonyl (C=O) groups excluding carboxylic acids is 1. The van der Waals surface area contributed by atoms with E-state index in [0.717, 1.165) is 22.3 Å². The molecule has 0 atom stereocenters.